The predicted molar refractivity (Wildman–Crippen MR) is 57.5 cm³/mol. The number of carbonyl (C=O) groups excluding carboxylic acids is 1. The molecule has 2 N–H and O–H groups in total. The highest BCUT2D eigenvalue weighted by Gasteiger charge is 2.57. The van der Waals surface area contributed by atoms with Gasteiger partial charge in [0.1, 0.15) is 5.60 Å². The minimum Gasteiger partial charge on any atom is -0.440 e. The molecule has 1 rings (SSSR count). The van der Waals surface area contributed by atoms with Gasteiger partial charge in [0.25, 0.3) is 0 Å². The van der Waals surface area contributed by atoms with Crippen LogP contribution in [0, 0.1) is 5.92 Å². The summed E-state index contributed by atoms with van der Waals surface area (Å²) in [6.45, 7) is 9.95. The van der Waals surface area contributed by atoms with E-state index < -0.39 is 11.7 Å². The van der Waals surface area contributed by atoms with Crippen LogP contribution in [-0.4, -0.2) is 23.4 Å². The maximum absolute atomic E-state index is 10.9. The van der Waals surface area contributed by atoms with E-state index in [2.05, 4.69) is 6.92 Å². The second-order valence-corrected chi connectivity index (χ2v) is 4.75. The molecule has 0 aromatic heterocycles. The van der Waals surface area contributed by atoms with Crippen LogP contribution in [0.3, 0.4) is 0 Å². The van der Waals surface area contributed by atoms with Crippen LogP contribution in [0.4, 0.5) is 4.79 Å². The highest BCUT2D eigenvalue weighted by Crippen LogP contribution is 2.46. The van der Waals surface area contributed by atoms with Crippen molar-refractivity contribution in [2.24, 2.45) is 11.7 Å². The number of ether oxygens (including phenoxy) is 2. The lowest BCUT2D eigenvalue weighted by molar-refractivity contribution is -0.0583. The maximum atomic E-state index is 10.9. The molecule has 1 fully saturated rings. The van der Waals surface area contributed by atoms with E-state index in [1.807, 2.05) is 27.7 Å². The van der Waals surface area contributed by atoms with E-state index in [4.69, 9.17) is 15.2 Å². The lowest BCUT2D eigenvalue weighted by atomic mass is 9.78. The Labute approximate surface area is 91.1 Å². The lowest BCUT2D eigenvalue weighted by Gasteiger charge is -2.33. The fourth-order valence-electron chi connectivity index (χ4n) is 2.36. The third kappa shape index (κ3) is 1.83. The molecule has 1 amide bonds. The average molecular weight is 215 g/mol. The number of carbonyl (C=O) groups is 1. The normalized spacial score (nSPS) is 45.4. The molecule has 4 nitrogen and oxygen atoms in total. The number of nitrogens with two attached hydrogens (primary N) is 1. The topological polar surface area (TPSA) is 61.6 Å². The molecule has 1 saturated heterocycles. The van der Waals surface area contributed by atoms with Crippen LogP contribution >= 0.6 is 0 Å². The van der Waals surface area contributed by atoms with Crippen molar-refractivity contribution in [1.29, 1.82) is 0 Å². The van der Waals surface area contributed by atoms with E-state index in [1.54, 1.807) is 0 Å². The second kappa shape index (κ2) is 3.67. The summed E-state index contributed by atoms with van der Waals surface area (Å²) in [7, 11) is 0. The van der Waals surface area contributed by atoms with E-state index in [9.17, 15) is 4.79 Å². The van der Waals surface area contributed by atoms with E-state index in [1.165, 1.54) is 0 Å². The van der Waals surface area contributed by atoms with Gasteiger partial charge in [0.15, 0.2) is 0 Å². The van der Waals surface area contributed by atoms with Crippen molar-refractivity contribution >= 4 is 6.09 Å². The van der Waals surface area contributed by atoms with Gasteiger partial charge in [0, 0.05) is 5.92 Å². The molecule has 4 unspecified atom stereocenters. The highest BCUT2D eigenvalue weighted by molar-refractivity contribution is 5.65. The van der Waals surface area contributed by atoms with Crippen LogP contribution in [0.15, 0.2) is 0 Å². The first-order valence-electron chi connectivity index (χ1n) is 5.42. The van der Waals surface area contributed by atoms with E-state index in [0.717, 1.165) is 6.42 Å². The van der Waals surface area contributed by atoms with Gasteiger partial charge < -0.3 is 15.2 Å². The monoisotopic (exact) mass is 215 g/mol. The van der Waals surface area contributed by atoms with Gasteiger partial charge in [0.05, 0.1) is 11.7 Å². The second-order valence-electron chi connectivity index (χ2n) is 4.75. The zero-order chi connectivity index (χ0) is 11.9. The van der Waals surface area contributed by atoms with Gasteiger partial charge >= 0.3 is 6.09 Å². The van der Waals surface area contributed by atoms with Crippen molar-refractivity contribution in [2.75, 3.05) is 0 Å². The molecule has 15 heavy (non-hydrogen) atoms. The minimum absolute atomic E-state index is 0.123. The summed E-state index contributed by atoms with van der Waals surface area (Å²) in [4.78, 5) is 10.9. The highest BCUT2D eigenvalue weighted by atomic mass is 16.6. The number of primary amides is 1. The molecular formula is C11H21NO3. The number of hydrogen-bond donors (Lipinski definition) is 1. The predicted octanol–water partition coefficient (Wildman–Crippen LogP) is 2.06. The standard InChI is InChI=1S/C11H21NO3/c1-6-10(4)7(2)11(5,8(3)14-10)15-9(12)13/h7-8H,6H2,1-5H3,(H2,12,13). The van der Waals surface area contributed by atoms with Gasteiger partial charge in [-0.3, -0.25) is 0 Å². The maximum Gasteiger partial charge on any atom is 0.405 e. The van der Waals surface area contributed by atoms with Crippen molar-refractivity contribution in [3.05, 3.63) is 0 Å². The van der Waals surface area contributed by atoms with Crippen LogP contribution in [0.2, 0.25) is 0 Å². The molecule has 1 heterocycles. The van der Waals surface area contributed by atoms with Gasteiger partial charge in [-0.05, 0) is 27.2 Å². The molecule has 0 spiro atoms. The molecule has 0 saturated carbocycles. The smallest absolute Gasteiger partial charge is 0.405 e. The van der Waals surface area contributed by atoms with E-state index in [0.29, 0.717) is 0 Å². The Morgan fingerprint density at radius 3 is 2.33 bits per heavy atom. The fourth-order valence-corrected chi connectivity index (χ4v) is 2.36. The summed E-state index contributed by atoms with van der Waals surface area (Å²) in [5, 5.41) is 0. The SMILES string of the molecule is CCC1(C)OC(C)C(C)(OC(N)=O)C1C. The molecule has 0 bridgehead atoms. The summed E-state index contributed by atoms with van der Waals surface area (Å²) >= 11 is 0. The van der Waals surface area contributed by atoms with Crippen molar-refractivity contribution < 1.29 is 14.3 Å². The summed E-state index contributed by atoms with van der Waals surface area (Å²) in [6, 6.07) is 0. The van der Waals surface area contributed by atoms with Gasteiger partial charge in [-0.15, -0.1) is 0 Å². The first kappa shape index (κ1) is 12.3. The Bertz CT molecular complexity index is 269. The van der Waals surface area contributed by atoms with E-state index >= 15 is 0 Å². The van der Waals surface area contributed by atoms with Crippen LogP contribution in [0.1, 0.15) is 41.0 Å². The third-order valence-corrected chi connectivity index (χ3v) is 4.05. The molecule has 0 radical (unpaired) electrons. The first-order chi connectivity index (χ1) is 6.76. The Morgan fingerprint density at radius 1 is 1.47 bits per heavy atom. The third-order valence-electron chi connectivity index (χ3n) is 4.05. The van der Waals surface area contributed by atoms with Crippen LogP contribution in [-0.2, 0) is 9.47 Å². The number of rotatable bonds is 2. The molecular weight excluding hydrogens is 194 g/mol. The number of amides is 1. The first-order valence-corrected chi connectivity index (χ1v) is 5.42. The molecule has 1 aliphatic rings. The molecule has 0 aromatic rings. The lowest BCUT2D eigenvalue weighted by Crippen LogP contribution is -2.46. The molecule has 0 aromatic carbocycles. The Balaban J connectivity index is 2.96. The molecule has 4 atom stereocenters. The zero-order valence-corrected chi connectivity index (χ0v) is 10.2. The van der Waals surface area contributed by atoms with Crippen molar-refractivity contribution in [3.63, 3.8) is 0 Å². The quantitative estimate of drug-likeness (QED) is 0.767. The van der Waals surface area contributed by atoms with Crippen LogP contribution < -0.4 is 5.73 Å². The molecule has 1 aliphatic heterocycles. The number of hydrogen-bond acceptors (Lipinski definition) is 3. The Kier molecular flexibility index (Phi) is 3.01. The summed E-state index contributed by atoms with van der Waals surface area (Å²) < 4.78 is 11.1. The van der Waals surface area contributed by atoms with Crippen LogP contribution in [0.25, 0.3) is 0 Å². The van der Waals surface area contributed by atoms with Crippen molar-refractivity contribution in [2.45, 2.75) is 58.3 Å². The minimum atomic E-state index is -0.736. The summed E-state index contributed by atoms with van der Waals surface area (Å²) in [5.74, 6) is 0.123. The molecule has 88 valence electrons. The van der Waals surface area contributed by atoms with Crippen LogP contribution in [0.5, 0.6) is 0 Å². The average Bonchev–Trinajstić information content (AvgIpc) is 2.28. The van der Waals surface area contributed by atoms with Crippen molar-refractivity contribution in [3.8, 4) is 0 Å². The Hall–Kier alpha value is -0.770. The van der Waals surface area contributed by atoms with Gasteiger partial charge in [-0.2, -0.15) is 0 Å². The van der Waals surface area contributed by atoms with Gasteiger partial charge in [-0.1, -0.05) is 13.8 Å². The van der Waals surface area contributed by atoms with Crippen molar-refractivity contribution in [1.82, 2.24) is 0 Å². The zero-order valence-electron chi connectivity index (χ0n) is 10.2. The van der Waals surface area contributed by atoms with E-state index in [-0.39, 0.29) is 17.6 Å². The largest absolute Gasteiger partial charge is 0.440 e. The Morgan fingerprint density at radius 2 is 2.00 bits per heavy atom. The summed E-state index contributed by atoms with van der Waals surface area (Å²) in [6.07, 6.45) is 0.0149. The fraction of sp³-hybridized carbons (Fsp3) is 0.909. The molecule has 4 heteroatoms. The van der Waals surface area contributed by atoms with Gasteiger partial charge in [-0.25, -0.2) is 4.79 Å². The summed E-state index contributed by atoms with van der Waals surface area (Å²) in [5.41, 5.74) is 4.22. The van der Waals surface area contributed by atoms with Gasteiger partial charge in [0.2, 0.25) is 0 Å². The molecule has 0 aliphatic carbocycles.